The molecule has 0 aliphatic carbocycles. The molecule has 1 heteroatoms. The third kappa shape index (κ3) is 10.4. The molecule has 0 spiro atoms. The second-order valence-electron chi connectivity index (χ2n) is 1.80. The van der Waals surface area contributed by atoms with E-state index in [4.69, 9.17) is 0 Å². The highest BCUT2D eigenvalue weighted by atomic mass is 15.1. The van der Waals surface area contributed by atoms with Crippen molar-refractivity contribution in [2.75, 3.05) is 20.1 Å². The van der Waals surface area contributed by atoms with Gasteiger partial charge in [-0.1, -0.05) is 26.0 Å². The average Bonchev–Trinajstić information content (AvgIpc) is 1.93. The molecule has 0 heterocycles. The predicted octanol–water partition coefficient (Wildman–Crippen LogP) is 2.13. The molecule has 0 amide bonds. The van der Waals surface area contributed by atoms with E-state index in [2.05, 4.69) is 25.0 Å². The van der Waals surface area contributed by atoms with Gasteiger partial charge in [0.25, 0.3) is 0 Å². The van der Waals surface area contributed by atoms with Gasteiger partial charge in [0.1, 0.15) is 0 Å². The Kier molecular flexibility index (Phi) is 13.7. The quantitative estimate of drug-likeness (QED) is 0.541. The molecule has 0 bridgehead atoms. The van der Waals surface area contributed by atoms with Gasteiger partial charge < -0.3 is 0 Å². The molecule has 1 nitrogen and oxygen atoms in total. The van der Waals surface area contributed by atoms with E-state index in [1.807, 2.05) is 19.2 Å². The van der Waals surface area contributed by atoms with Crippen molar-refractivity contribution in [3.05, 3.63) is 32.2 Å². The topological polar surface area (TPSA) is 3.24 Å². The van der Waals surface area contributed by atoms with Crippen LogP contribution in [0, 0.1) is 6.92 Å². The number of hydrogen-bond acceptors (Lipinski definition) is 1. The largest absolute Gasteiger partial charge is 0.299 e. The maximum atomic E-state index is 3.61. The van der Waals surface area contributed by atoms with Gasteiger partial charge in [0, 0.05) is 13.1 Å². The second kappa shape index (κ2) is 11.3. The van der Waals surface area contributed by atoms with Crippen LogP contribution in [0.15, 0.2) is 25.3 Å². The predicted molar refractivity (Wildman–Crippen MR) is 48.9 cm³/mol. The minimum atomic E-state index is 0.937. The maximum Gasteiger partial charge on any atom is 0.0160 e. The molecule has 0 aliphatic heterocycles. The SMILES string of the molecule is C=CCN(C)CC=C.[CH2]C. The molecule has 0 saturated heterocycles. The van der Waals surface area contributed by atoms with Crippen molar-refractivity contribution in [3.8, 4) is 0 Å². The van der Waals surface area contributed by atoms with Gasteiger partial charge in [-0.25, -0.2) is 0 Å². The summed E-state index contributed by atoms with van der Waals surface area (Å²) in [7, 11) is 2.03. The highest BCUT2D eigenvalue weighted by Gasteiger charge is 1.86. The summed E-state index contributed by atoms with van der Waals surface area (Å²) in [5.74, 6) is 0. The Morgan fingerprint density at radius 1 is 1.10 bits per heavy atom. The standard InChI is InChI=1S/C7H13N.C2H5/c1-4-6-8(3)7-5-2;1-2/h4-5H,1-2,6-7H2,3H3;1H2,2H3. The van der Waals surface area contributed by atoms with Gasteiger partial charge >= 0.3 is 0 Å². The Bertz CT molecular complexity index is 66.8. The van der Waals surface area contributed by atoms with E-state index in [1.165, 1.54) is 0 Å². The smallest absolute Gasteiger partial charge is 0.0160 e. The van der Waals surface area contributed by atoms with Gasteiger partial charge in [-0.05, 0) is 7.05 Å². The highest BCUT2D eigenvalue weighted by Crippen LogP contribution is 1.80. The van der Waals surface area contributed by atoms with E-state index in [-0.39, 0.29) is 0 Å². The summed E-state index contributed by atoms with van der Waals surface area (Å²) in [5, 5.41) is 0. The van der Waals surface area contributed by atoms with Crippen molar-refractivity contribution in [1.29, 1.82) is 0 Å². The van der Waals surface area contributed by atoms with Gasteiger partial charge in [-0.2, -0.15) is 0 Å². The minimum Gasteiger partial charge on any atom is -0.299 e. The normalized spacial score (nSPS) is 8.00. The second-order valence-corrected chi connectivity index (χ2v) is 1.80. The van der Waals surface area contributed by atoms with Crippen LogP contribution in [0.2, 0.25) is 0 Å². The first-order valence-corrected chi connectivity index (χ1v) is 3.42. The molecular weight excluding hydrogens is 122 g/mol. The van der Waals surface area contributed by atoms with Crippen molar-refractivity contribution in [1.82, 2.24) is 4.90 Å². The first-order valence-electron chi connectivity index (χ1n) is 3.42. The van der Waals surface area contributed by atoms with E-state index in [0.717, 1.165) is 13.1 Å². The van der Waals surface area contributed by atoms with Crippen LogP contribution in [-0.4, -0.2) is 25.0 Å². The monoisotopic (exact) mass is 140 g/mol. The maximum absolute atomic E-state index is 3.61. The van der Waals surface area contributed by atoms with E-state index in [9.17, 15) is 0 Å². The summed E-state index contributed by atoms with van der Waals surface area (Å²) in [6, 6.07) is 0. The number of nitrogens with zero attached hydrogens (tertiary/aromatic N) is 1. The van der Waals surface area contributed by atoms with E-state index in [0.29, 0.717) is 0 Å². The van der Waals surface area contributed by atoms with E-state index < -0.39 is 0 Å². The van der Waals surface area contributed by atoms with Crippen LogP contribution in [0.4, 0.5) is 0 Å². The fourth-order valence-corrected chi connectivity index (χ4v) is 0.515. The first kappa shape index (κ1) is 12.1. The van der Waals surface area contributed by atoms with Crippen molar-refractivity contribution in [3.63, 3.8) is 0 Å². The molecule has 0 aliphatic rings. The summed E-state index contributed by atoms with van der Waals surface area (Å²) in [6.07, 6.45) is 3.76. The molecule has 0 aromatic carbocycles. The van der Waals surface area contributed by atoms with Crippen molar-refractivity contribution >= 4 is 0 Å². The third-order valence-corrected chi connectivity index (χ3v) is 0.882. The van der Waals surface area contributed by atoms with Crippen LogP contribution < -0.4 is 0 Å². The lowest BCUT2D eigenvalue weighted by atomic mass is 10.5. The summed E-state index contributed by atoms with van der Waals surface area (Å²) in [5.41, 5.74) is 0. The van der Waals surface area contributed by atoms with Gasteiger partial charge in [-0.15, -0.1) is 13.2 Å². The number of rotatable bonds is 4. The fraction of sp³-hybridized carbons (Fsp3) is 0.444. The molecular formula is C9H18N. The molecule has 0 saturated carbocycles. The summed E-state index contributed by atoms with van der Waals surface area (Å²) < 4.78 is 0. The number of hydrogen-bond donors (Lipinski definition) is 0. The molecule has 10 heavy (non-hydrogen) atoms. The highest BCUT2D eigenvalue weighted by molar-refractivity contribution is 4.76. The zero-order valence-corrected chi connectivity index (χ0v) is 7.14. The number of likely N-dealkylation sites (N-methyl/N-ethyl adjacent to an activating group) is 1. The molecule has 0 aromatic heterocycles. The molecule has 0 N–H and O–H groups in total. The first-order chi connectivity index (χ1) is 4.81. The van der Waals surface area contributed by atoms with E-state index >= 15 is 0 Å². The molecule has 0 unspecified atom stereocenters. The Labute approximate surface area is 65.0 Å². The summed E-state index contributed by atoms with van der Waals surface area (Å²) in [4.78, 5) is 2.12. The molecule has 0 fully saturated rings. The Hall–Kier alpha value is -0.560. The zero-order valence-electron chi connectivity index (χ0n) is 7.14. The van der Waals surface area contributed by atoms with Crippen LogP contribution in [0.3, 0.4) is 0 Å². The zero-order chi connectivity index (χ0) is 8.41. The van der Waals surface area contributed by atoms with Gasteiger partial charge in [-0.3, -0.25) is 4.90 Å². The lowest BCUT2D eigenvalue weighted by Gasteiger charge is -2.09. The molecule has 0 aromatic rings. The van der Waals surface area contributed by atoms with Crippen LogP contribution in [0.5, 0.6) is 0 Å². The third-order valence-electron chi connectivity index (χ3n) is 0.882. The van der Waals surface area contributed by atoms with E-state index in [1.54, 1.807) is 6.92 Å². The molecule has 0 rings (SSSR count). The molecule has 0 atom stereocenters. The van der Waals surface area contributed by atoms with Crippen LogP contribution in [0.1, 0.15) is 6.92 Å². The lowest BCUT2D eigenvalue weighted by molar-refractivity contribution is 0.413. The fourth-order valence-electron chi connectivity index (χ4n) is 0.515. The average molecular weight is 140 g/mol. The van der Waals surface area contributed by atoms with Crippen LogP contribution in [-0.2, 0) is 0 Å². The minimum absolute atomic E-state index is 0.937. The molecule has 59 valence electrons. The Balaban J connectivity index is 0. The summed E-state index contributed by atoms with van der Waals surface area (Å²) in [6.45, 7) is 14.1. The summed E-state index contributed by atoms with van der Waals surface area (Å²) >= 11 is 0. The van der Waals surface area contributed by atoms with Crippen molar-refractivity contribution < 1.29 is 0 Å². The van der Waals surface area contributed by atoms with Crippen LogP contribution in [0.25, 0.3) is 0 Å². The van der Waals surface area contributed by atoms with Crippen LogP contribution >= 0.6 is 0 Å². The van der Waals surface area contributed by atoms with Gasteiger partial charge in [0.15, 0.2) is 0 Å². The van der Waals surface area contributed by atoms with Crippen molar-refractivity contribution in [2.45, 2.75) is 6.92 Å². The Morgan fingerprint density at radius 3 is 1.60 bits per heavy atom. The molecule has 1 radical (unpaired) electrons. The van der Waals surface area contributed by atoms with Gasteiger partial charge in [0.2, 0.25) is 0 Å². The lowest BCUT2D eigenvalue weighted by Crippen LogP contribution is -2.17. The van der Waals surface area contributed by atoms with Crippen molar-refractivity contribution in [2.24, 2.45) is 0 Å². The Morgan fingerprint density at radius 2 is 1.40 bits per heavy atom. The van der Waals surface area contributed by atoms with Gasteiger partial charge in [0.05, 0.1) is 0 Å².